The van der Waals surface area contributed by atoms with E-state index in [9.17, 15) is 28.8 Å². The fraction of sp³-hybridized carbons (Fsp3) is 0.515. The number of aldehydes is 1. The van der Waals surface area contributed by atoms with E-state index in [1.807, 2.05) is 0 Å². The maximum atomic E-state index is 14.1. The molecule has 1 fully saturated rings. The molecule has 4 N–H and O–H groups in total. The topological polar surface area (TPSA) is 207 Å². The van der Waals surface area contributed by atoms with Gasteiger partial charge in [-0.2, -0.15) is 0 Å². The van der Waals surface area contributed by atoms with E-state index in [2.05, 4.69) is 31.2 Å². The fourth-order valence-corrected chi connectivity index (χ4v) is 5.19. The lowest BCUT2D eigenvalue weighted by atomic mass is 9.98. The Morgan fingerprint density at radius 1 is 0.980 bits per heavy atom. The van der Waals surface area contributed by atoms with E-state index in [1.165, 1.54) is 37.7 Å². The van der Waals surface area contributed by atoms with Crippen molar-refractivity contribution < 1.29 is 43.0 Å². The lowest BCUT2D eigenvalue weighted by molar-refractivity contribution is -0.143. The molecule has 3 rings (SSSR count). The normalized spacial score (nSPS) is 17.4. The molecule has 0 aliphatic carbocycles. The zero-order valence-corrected chi connectivity index (χ0v) is 28.7. The maximum absolute atomic E-state index is 14.1. The van der Waals surface area contributed by atoms with E-state index >= 15 is 0 Å². The first-order valence-electron chi connectivity index (χ1n) is 16.0. The average Bonchev–Trinajstić information content (AvgIpc) is 3.51. The summed E-state index contributed by atoms with van der Waals surface area (Å²) < 4.78 is 16.2. The molecule has 266 valence electrons. The number of benzene rings is 1. The number of nitrogens with zero attached hydrogens (tertiary/aromatic N) is 3. The van der Waals surface area contributed by atoms with Crippen LogP contribution >= 0.6 is 0 Å². The Bertz CT molecular complexity index is 1490. The van der Waals surface area contributed by atoms with Gasteiger partial charge in [-0.05, 0) is 30.4 Å². The Kier molecular flexibility index (Phi) is 13.8. The molecule has 16 nitrogen and oxygen atoms in total. The van der Waals surface area contributed by atoms with E-state index in [0.29, 0.717) is 24.2 Å². The summed E-state index contributed by atoms with van der Waals surface area (Å²) in [5.41, 5.74) is 0.293. The van der Waals surface area contributed by atoms with Crippen LogP contribution in [0.15, 0.2) is 36.8 Å². The summed E-state index contributed by atoms with van der Waals surface area (Å²) in [6, 6.07) is 0.724. The molecule has 16 heteroatoms. The van der Waals surface area contributed by atoms with Crippen molar-refractivity contribution in [2.24, 2.45) is 11.8 Å². The molecule has 1 aromatic heterocycles. The van der Waals surface area contributed by atoms with Crippen molar-refractivity contribution in [1.29, 1.82) is 0 Å². The number of methoxy groups -OCH3 is 2. The highest BCUT2D eigenvalue weighted by Crippen LogP contribution is 2.30. The number of hydrogen-bond donors (Lipinski definition) is 4. The monoisotopic (exact) mass is 683 g/mol. The van der Waals surface area contributed by atoms with Crippen molar-refractivity contribution in [2.75, 3.05) is 26.1 Å². The van der Waals surface area contributed by atoms with Crippen LogP contribution < -0.4 is 30.7 Å². The molecule has 0 bridgehead atoms. The summed E-state index contributed by atoms with van der Waals surface area (Å²) in [5.74, 6) is -2.47. The molecule has 1 aliphatic heterocycles. The second kappa shape index (κ2) is 17.8. The van der Waals surface area contributed by atoms with Crippen LogP contribution in [0, 0.1) is 11.8 Å². The Labute approximate surface area is 285 Å². The Balaban J connectivity index is 1.82. The van der Waals surface area contributed by atoms with E-state index in [0.717, 1.165) is 0 Å². The third-order valence-corrected chi connectivity index (χ3v) is 7.96. The Hall–Kier alpha value is -5.28. The van der Waals surface area contributed by atoms with Gasteiger partial charge in [0.1, 0.15) is 47.7 Å². The van der Waals surface area contributed by atoms with Crippen molar-refractivity contribution in [3.05, 3.63) is 42.5 Å². The van der Waals surface area contributed by atoms with E-state index < -0.39 is 65.9 Å². The third kappa shape index (κ3) is 10.1. The molecule has 49 heavy (non-hydrogen) atoms. The van der Waals surface area contributed by atoms with Gasteiger partial charge in [0, 0.05) is 24.9 Å². The largest absolute Gasteiger partial charge is 0.497 e. The highest BCUT2D eigenvalue weighted by molar-refractivity contribution is 5.98. The number of likely N-dealkylation sites (tertiary alicyclic amines) is 1. The summed E-state index contributed by atoms with van der Waals surface area (Å²) >= 11 is 0. The molecule has 5 amide bonds. The van der Waals surface area contributed by atoms with Crippen molar-refractivity contribution in [3.63, 3.8) is 0 Å². The summed E-state index contributed by atoms with van der Waals surface area (Å²) in [6.07, 6.45) is 3.09. The van der Waals surface area contributed by atoms with Gasteiger partial charge in [0.05, 0.1) is 38.7 Å². The van der Waals surface area contributed by atoms with Gasteiger partial charge in [-0.15, -0.1) is 0 Å². The number of ether oxygens (including phenoxy) is 3. The highest BCUT2D eigenvalue weighted by Gasteiger charge is 2.45. The molecule has 5 atom stereocenters. The third-order valence-electron chi connectivity index (χ3n) is 7.96. The molecule has 2 heterocycles. The zero-order chi connectivity index (χ0) is 36.2. The van der Waals surface area contributed by atoms with Crippen molar-refractivity contribution in [1.82, 2.24) is 30.8 Å². The molecule has 1 aromatic carbocycles. The second-order valence-corrected chi connectivity index (χ2v) is 12.1. The van der Waals surface area contributed by atoms with Crippen molar-refractivity contribution >= 4 is 41.7 Å². The van der Waals surface area contributed by atoms with Crippen LogP contribution in [-0.4, -0.2) is 102 Å². The molecular formula is C33H45N7O9. The average molecular weight is 684 g/mol. The van der Waals surface area contributed by atoms with Crippen molar-refractivity contribution in [2.45, 2.75) is 77.7 Å². The van der Waals surface area contributed by atoms with Crippen LogP contribution in [0.5, 0.6) is 11.5 Å². The molecule has 0 unspecified atom stereocenters. The number of anilines is 1. The van der Waals surface area contributed by atoms with Gasteiger partial charge in [0.2, 0.25) is 17.7 Å². The summed E-state index contributed by atoms with van der Waals surface area (Å²) in [5, 5.41) is 10.6. The maximum Gasteiger partial charge on any atom is 0.412 e. The molecular weight excluding hydrogens is 638 g/mol. The van der Waals surface area contributed by atoms with E-state index in [1.54, 1.807) is 52.8 Å². The first kappa shape index (κ1) is 38.2. The zero-order valence-electron chi connectivity index (χ0n) is 28.7. The minimum Gasteiger partial charge on any atom is -0.497 e. The number of amides is 5. The summed E-state index contributed by atoms with van der Waals surface area (Å²) in [4.78, 5) is 87.5. The predicted molar refractivity (Wildman–Crippen MR) is 177 cm³/mol. The highest BCUT2D eigenvalue weighted by atomic mass is 16.6. The minimum atomic E-state index is -1.13. The van der Waals surface area contributed by atoms with Crippen LogP contribution in [0.25, 0.3) is 0 Å². The van der Waals surface area contributed by atoms with Crippen LogP contribution in [0.1, 0.15) is 57.9 Å². The van der Waals surface area contributed by atoms with E-state index in [4.69, 9.17) is 14.2 Å². The van der Waals surface area contributed by atoms with Crippen LogP contribution in [0.2, 0.25) is 0 Å². The number of nitrogens with one attached hydrogen (secondary N) is 4. The first-order chi connectivity index (χ1) is 23.3. The fourth-order valence-electron chi connectivity index (χ4n) is 5.19. The molecule has 1 saturated heterocycles. The Morgan fingerprint density at radius 2 is 1.69 bits per heavy atom. The number of hydrogen-bond acceptors (Lipinski definition) is 11. The number of carbonyl (C=O) groups excluding carboxylic acids is 6. The smallest absolute Gasteiger partial charge is 0.412 e. The van der Waals surface area contributed by atoms with Gasteiger partial charge in [0.15, 0.2) is 0 Å². The lowest BCUT2D eigenvalue weighted by Gasteiger charge is -2.32. The van der Waals surface area contributed by atoms with Gasteiger partial charge in [0.25, 0.3) is 5.91 Å². The SMILES string of the molecule is CC[C@@H](C=O)NC(=O)[C@@H]1C[C@@H](OC(=O)Nc2cc(OC)ccc2OC)CN1C(=O)[C@H](NC(=O)[C@H](NC(=O)c1cnccn1)C(C)C)C(C)C. The molecule has 0 spiro atoms. The number of carbonyl (C=O) groups is 6. The minimum absolute atomic E-state index is 0.0176. The van der Waals surface area contributed by atoms with Gasteiger partial charge >= 0.3 is 6.09 Å². The molecule has 0 radical (unpaired) electrons. The quantitative estimate of drug-likeness (QED) is 0.199. The molecule has 1 aliphatic rings. The number of rotatable bonds is 15. The molecule has 2 aromatic rings. The number of aromatic nitrogens is 2. The van der Waals surface area contributed by atoms with E-state index in [-0.39, 0.29) is 30.3 Å². The second-order valence-electron chi connectivity index (χ2n) is 12.1. The van der Waals surface area contributed by atoms with Gasteiger partial charge in [-0.1, -0.05) is 34.6 Å². The Morgan fingerprint density at radius 3 is 2.27 bits per heavy atom. The standard InChI is InChI=1S/C33H45N7O9/c1-8-20(17-41)36-30(43)25-14-22(49-33(46)37-23-13-21(47-6)9-10-26(23)48-7)16-40(25)32(45)28(19(4)5)39-31(44)27(18(2)3)38-29(42)24-15-34-11-12-35-24/h9-13,15,17-20,22,25,27-28H,8,14,16H2,1-7H3,(H,36,43)(H,37,46)(H,38,42)(H,39,44)/t20-,22+,25-,27+,28+/m0/s1. The summed E-state index contributed by atoms with van der Waals surface area (Å²) in [6.45, 7) is 8.46. The van der Waals surface area contributed by atoms with Gasteiger partial charge in [-0.3, -0.25) is 29.5 Å². The lowest BCUT2D eigenvalue weighted by Crippen LogP contribution is -2.59. The summed E-state index contributed by atoms with van der Waals surface area (Å²) in [7, 11) is 2.91. The van der Waals surface area contributed by atoms with Gasteiger partial charge < -0.3 is 39.9 Å². The van der Waals surface area contributed by atoms with Crippen LogP contribution in [0.3, 0.4) is 0 Å². The van der Waals surface area contributed by atoms with Crippen LogP contribution in [0.4, 0.5) is 10.5 Å². The van der Waals surface area contributed by atoms with Crippen LogP contribution in [-0.2, 0) is 23.9 Å². The molecule has 0 saturated carbocycles. The van der Waals surface area contributed by atoms with Crippen molar-refractivity contribution in [3.8, 4) is 11.5 Å². The first-order valence-corrected chi connectivity index (χ1v) is 16.0. The van der Waals surface area contributed by atoms with Gasteiger partial charge in [-0.25, -0.2) is 9.78 Å². The predicted octanol–water partition coefficient (Wildman–Crippen LogP) is 1.70.